The molecule has 0 unspecified atom stereocenters. The molecule has 3 heterocycles. The average Bonchev–Trinajstić information content (AvgIpc) is 4.13. The van der Waals surface area contributed by atoms with Crippen LogP contribution in [0, 0.1) is 0 Å². The fourth-order valence-corrected chi connectivity index (χ4v) is 11.9. The Hall–Kier alpha value is -9.58. The van der Waals surface area contributed by atoms with E-state index in [1.165, 1.54) is 33.0 Å². The minimum Gasteiger partial charge on any atom is -0.457 e. The van der Waals surface area contributed by atoms with Crippen molar-refractivity contribution in [3.05, 3.63) is 277 Å². The Kier molecular flexibility index (Phi) is 8.80. The topological polar surface area (TPSA) is 44.9 Å². The maximum absolute atomic E-state index is 6.66. The molecule has 5 heteroatoms. The number of hydrogen-bond donors (Lipinski definition) is 0. The summed E-state index contributed by atoms with van der Waals surface area (Å²) in [6, 6.07) is 91.5. The zero-order valence-corrected chi connectivity index (χ0v) is 38.9. The lowest BCUT2D eigenvalue weighted by atomic mass is 9.66. The van der Waals surface area contributed by atoms with Crippen LogP contribution in [0.2, 0.25) is 0 Å². The molecule has 1 aliphatic carbocycles. The summed E-state index contributed by atoms with van der Waals surface area (Å²) in [5.41, 5.74) is 19.4. The largest absolute Gasteiger partial charge is 0.457 e. The van der Waals surface area contributed by atoms with Gasteiger partial charge in [0, 0.05) is 33.6 Å². The predicted molar refractivity (Wildman–Crippen MR) is 292 cm³/mol. The monoisotopic (exact) mass is 918 g/mol. The van der Waals surface area contributed by atoms with Crippen molar-refractivity contribution in [2.45, 2.75) is 5.41 Å². The molecule has 2 aromatic heterocycles. The van der Waals surface area contributed by atoms with Crippen LogP contribution in [0.4, 0.5) is 0 Å². The van der Waals surface area contributed by atoms with Gasteiger partial charge in [0.2, 0.25) is 0 Å². The van der Waals surface area contributed by atoms with E-state index in [-0.39, 0.29) is 0 Å². The number of rotatable bonds is 6. The molecule has 336 valence electrons. The maximum atomic E-state index is 6.66. The molecule has 0 amide bonds. The van der Waals surface area contributed by atoms with Gasteiger partial charge in [-0.3, -0.25) is 9.13 Å². The van der Waals surface area contributed by atoms with Gasteiger partial charge in [-0.25, -0.2) is 9.97 Å². The summed E-state index contributed by atoms with van der Waals surface area (Å²) < 4.78 is 11.2. The molecular formula is C67H42N4O. The first-order chi connectivity index (χ1) is 35.7. The Morgan fingerprint density at radius 3 is 1.42 bits per heavy atom. The molecule has 0 bridgehead atoms. The lowest BCUT2D eigenvalue weighted by Gasteiger charge is -2.39. The summed E-state index contributed by atoms with van der Waals surface area (Å²) in [6.07, 6.45) is 0. The van der Waals surface area contributed by atoms with Crippen LogP contribution in [-0.4, -0.2) is 19.1 Å². The molecule has 0 radical (unpaired) electrons. The summed E-state index contributed by atoms with van der Waals surface area (Å²) in [4.78, 5) is 10.7. The highest BCUT2D eigenvalue weighted by Gasteiger charge is 2.51. The number of benzene rings is 11. The van der Waals surface area contributed by atoms with Crippen molar-refractivity contribution in [1.29, 1.82) is 0 Å². The number of fused-ring (bicyclic) bond motifs is 13. The molecule has 2 aliphatic rings. The number of aromatic nitrogens is 4. The van der Waals surface area contributed by atoms with Crippen molar-refractivity contribution in [3.8, 4) is 79.0 Å². The third-order valence-electron chi connectivity index (χ3n) is 15.0. The summed E-state index contributed by atoms with van der Waals surface area (Å²) in [5, 5.41) is 2.47. The van der Waals surface area contributed by atoms with Crippen molar-refractivity contribution in [1.82, 2.24) is 19.1 Å². The quantitative estimate of drug-likeness (QED) is 0.167. The Morgan fingerprint density at radius 2 is 0.806 bits per heavy atom. The third-order valence-corrected chi connectivity index (χ3v) is 15.0. The van der Waals surface area contributed by atoms with E-state index >= 15 is 0 Å². The minimum absolute atomic E-state index is 0.548. The van der Waals surface area contributed by atoms with Crippen LogP contribution >= 0.6 is 0 Å². The van der Waals surface area contributed by atoms with E-state index in [0.717, 1.165) is 101 Å². The Bertz CT molecular complexity index is 4120. The molecule has 0 saturated heterocycles. The normalized spacial score (nSPS) is 12.9. The van der Waals surface area contributed by atoms with Crippen LogP contribution in [0.25, 0.3) is 100 Å². The standard InChI is InChI=1S/C67H42N4O/c1-3-18-50(19-4-1)70-60-27-13-11-25-58(60)68-65(70)48-39-47(40-49(41-48)66-69-59-26-12-14-28-61(59)71(66)51-20-5-2-6-21-51)44-33-31-43(32-34-44)46-36-37-54-53(42-46)64-52-22-8-7-17-45(52)35-38-57(64)67(54)55-23-9-15-29-62(55)72-63-30-16-10-24-56(63)67/h1-42H. The molecule has 13 aromatic rings. The van der Waals surface area contributed by atoms with E-state index in [2.05, 4.69) is 264 Å². The Balaban J connectivity index is 0.913. The summed E-state index contributed by atoms with van der Waals surface area (Å²) >= 11 is 0. The first-order valence-corrected chi connectivity index (χ1v) is 24.6. The highest BCUT2D eigenvalue weighted by Crippen LogP contribution is 2.63. The molecule has 15 rings (SSSR count). The van der Waals surface area contributed by atoms with Crippen LogP contribution in [0.15, 0.2) is 255 Å². The van der Waals surface area contributed by atoms with Gasteiger partial charge in [0.25, 0.3) is 0 Å². The van der Waals surface area contributed by atoms with Crippen molar-refractivity contribution >= 4 is 32.8 Å². The van der Waals surface area contributed by atoms with Crippen molar-refractivity contribution in [2.24, 2.45) is 0 Å². The first kappa shape index (κ1) is 40.3. The van der Waals surface area contributed by atoms with Gasteiger partial charge in [-0.2, -0.15) is 0 Å². The summed E-state index contributed by atoms with van der Waals surface area (Å²) in [6.45, 7) is 0. The minimum atomic E-state index is -0.548. The van der Waals surface area contributed by atoms with Gasteiger partial charge in [0.1, 0.15) is 23.1 Å². The fourth-order valence-electron chi connectivity index (χ4n) is 11.9. The van der Waals surface area contributed by atoms with E-state index in [4.69, 9.17) is 14.7 Å². The van der Waals surface area contributed by atoms with Crippen LogP contribution in [0.5, 0.6) is 11.5 Å². The van der Waals surface area contributed by atoms with Gasteiger partial charge in [-0.15, -0.1) is 0 Å². The smallest absolute Gasteiger partial charge is 0.145 e. The highest BCUT2D eigenvalue weighted by molar-refractivity contribution is 6.05. The van der Waals surface area contributed by atoms with Crippen molar-refractivity contribution < 1.29 is 4.74 Å². The van der Waals surface area contributed by atoms with Gasteiger partial charge in [-0.1, -0.05) is 170 Å². The van der Waals surface area contributed by atoms with Gasteiger partial charge in [-0.05, 0) is 140 Å². The second kappa shape index (κ2) is 15.7. The lowest BCUT2D eigenvalue weighted by molar-refractivity contribution is 0.436. The molecule has 0 N–H and O–H groups in total. The van der Waals surface area contributed by atoms with E-state index in [0.29, 0.717) is 0 Å². The second-order valence-electron chi connectivity index (χ2n) is 18.9. The number of nitrogens with zero attached hydrogens (tertiary/aromatic N) is 4. The molecule has 0 saturated carbocycles. The van der Waals surface area contributed by atoms with E-state index < -0.39 is 5.41 Å². The fraction of sp³-hybridized carbons (Fsp3) is 0.0149. The number of para-hydroxylation sites is 8. The predicted octanol–water partition coefficient (Wildman–Crippen LogP) is 16.7. The number of ether oxygens (including phenoxy) is 1. The van der Waals surface area contributed by atoms with Crippen LogP contribution in [0.1, 0.15) is 22.3 Å². The number of hydrogen-bond acceptors (Lipinski definition) is 3. The molecule has 0 fully saturated rings. The zero-order valence-electron chi connectivity index (χ0n) is 38.9. The van der Waals surface area contributed by atoms with Crippen LogP contribution < -0.4 is 4.74 Å². The van der Waals surface area contributed by atoms with Crippen molar-refractivity contribution in [2.75, 3.05) is 0 Å². The molecule has 11 aromatic carbocycles. The first-order valence-electron chi connectivity index (χ1n) is 24.6. The molecule has 5 nitrogen and oxygen atoms in total. The van der Waals surface area contributed by atoms with Crippen LogP contribution in [0.3, 0.4) is 0 Å². The van der Waals surface area contributed by atoms with Gasteiger partial charge >= 0.3 is 0 Å². The van der Waals surface area contributed by atoms with Crippen LogP contribution in [-0.2, 0) is 5.41 Å². The maximum Gasteiger partial charge on any atom is 0.145 e. The second-order valence-corrected chi connectivity index (χ2v) is 18.9. The SMILES string of the molecule is c1ccc(-n2c(-c3cc(-c4ccc(-c5ccc6c(c5)-c5c(ccc7ccccc57)C65c6ccccc6Oc6ccccc65)cc4)cc(-c4nc5ccccc5n4-c4ccccc4)c3)nc3ccccc32)cc1. The summed E-state index contributed by atoms with van der Waals surface area (Å²) in [5.74, 6) is 3.51. The molecule has 0 atom stereocenters. The zero-order chi connectivity index (χ0) is 47.3. The van der Waals surface area contributed by atoms with E-state index in [1.807, 2.05) is 0 Å². The van der Waals surface area contributed by atoms with Gasteiger partial charge in [0.15, 0.2) is 0 Å². The molecule has 1 aliphatic heterocycles. The summed E-state index contributed by atoms with van der Waals surface area (Å²) in [7, 11) is 0. The third kappa shape index (κ3) is 5.95. The van der Waals surface area contributed by atoms with E-state index in [1.54, 1.807) is 0 Å². The number of imidazole rings is 2. The average molecular weight is 919 g/mol. The highest BCUT2D eigenvalue weighted by atomic mass is 16.5. The molecule has 1 spiro atoms. The Morgan fingerprint density at radius 1 is 0.333 bits per heavy atom. The van der Waals surface area contributed by atoms with Gasteiger partial charge in [0.05, 0.1) is 27.5 Å². The van der Waals surface area contributed by atoms with Gasteiger partial charge < -0.3 is 4.74 Å². The molecule has 72 heavy (non-hydrogen) atoms. The van der Waals surface area contributed by atoms with E-state index in [9.17, 15) is 0 Å². The lowest BCUT2D eigenvalue weighted by Crippen LogP contribution is -2.32. The molecular weight excluding hydrogens is 877 g/mol. The van der Waals surface area contributed by atoms with Crippen molar-refractivity contribution in [3.63, 3.8) is 0 Å². The Labute approximate surface area is 416 Å².